The van der Waals surface area contributed by atoms with Gasteiger partial charge in [-0.05, 0) is 12.6 Å². The van der Waals surface area contributed by atoms with E-state index >= 15 is 0 Å². The summed E-state index contributed by atoms with van der Waals surface area (Å²) in [6.07, 6.45) is 0. The van der Waals surface area contributed by atoms with Crippen LogP contribution in [0.2, 0.25) is 0 Å². The van der Waals surface area contributed by atoms with Gasteiger partial charge >= 0.3 is 0 Å². The first kappa shape index (κ1) is 17.0. The van der Waals surface area contributed by atoms with E-state index in [1.165, 1.54) is 6.07 Å². The molecule has 1 fully saturated rings. The van der Waals surface area contributed by atoms with Crippen LogP contribution >= 0.6 is 23.5 Å². The van der Waals surface area contributed by atoms with Crippen molar-refractivity contribution in [3.63, 3.8) is 0 Å². The molecule has 0 saturated carbocycles. The Balaban J connectivity index is 2.22. The van der Waals surface area contributed by atoms with Gasteiger partial charge in [0.2, 0.25) is 0 Å². The molecule has 5 heteroatoms. The SMILES string of the molecule is CCNC(c1ccc(OC)cc1F)C1CSC(C)C(C)S1. The van der Waals surface area contributed by atoms with E-state index in [9.17, 15) is 4.39 Å². The second-order valence-corrected chi connectivity index (χ2v) is 8.37. The lowest BCUT2D eigenvalue weighted by molar-refractivity contribution is 0.409. The van der Waals surface area contributed by atoms with E-state index in [-0.39, 0.29) is 11.9 Å². The fourth-order valence-corrected chi connectivity index (χ4v) is 5.64. The molecule has 4 atom stereocenters. The monoisotopic (exact) mass is 329 g/mol. The Morgan fingerprint density at radius 3 is 2.71 bits per heavy atom. The molecule has 1 saturated heterocycles. The maximum Gasteiger partial charge on any atom is 0.131 e. The highest BCUT2D eigenvalue weighted by Crippen LogP contribution is 2.41. The second-order valence-electron chi connectivity index (χ2n) is 5.34. The third kappa shape index (κ3) is 4.08. The molecule has 1 aromatic carbocycles. The quantitative estimate of drug-likeness (QED) is 0.877. The normalized spacial score (nSPS) is 27.4. The van der Waals surface area contributed by atoms with Crippen LogP contribution in [0.3, 0.4) is 0 Å². The lowest BCUT2D eigenvalue weighted by atomic mass is 10.0. The lowest BCUT2D eigenvalue weighted by Crippen LogP contribution is -2.37. The van der Waals surface area contributed by atoms with Crippen molar-refractivity contribution in [2.24, 2.45) is 0 Å². The van der Waals surface area contributed by atoms with Crippen LogP contribution in [-0.2, 0) is 0 Å². The van der Waals surface area contributed by atoms with Crippen LogP contribution < -0.4 is 10.1 Å². The average molecular weight is 330 g/mol. The molecular weight excluding hydrogens is 305 g/mol. The molecular formula is C16H24FNOS2. The molecule has 0 spiro atoms. The molecule has 4 unspecified atom stereocenters. The first-order valence-electron chi connectivity index (χ1n) is 7.40. The van der Waals surface area contributed by atoms with Crippen LogP contribution in [0.4, 0.5) is 4.39 Å². The number of thioether (sulfide) groups is 2. The minimum absolute atomic E-state index is 0.0494. The van der Waals surface area contributed by atoms with Gasteiger partial charge in [0.25, 0.3) is 0 Å². The third-order valence-electron chi connectivity index (χ3n) is 3.91. The maximum absolute atomic E-state index is 14.4. The van der Waals surface area contributed by atoms with Crippen molar-refractivity contribution in [3.8, 4) is 5.75 Å². The van der Waals surface area contributed by atoms with E-state index in [1.54, 1.807) is 7.11 Å². The van der Waals surface area contributed by atoms with Gasteiger partial charge in [0.1, 0.15) is 11.6 Å². The predicted molar refractivity (Wildman–Crippen MR) is 92.1 cm³/mol. The molecule has 0 aromatic heterocycles. The van der Waals surface area contributed by atoms with Crippen molar-refractivity contribution in [1.29, 1.82) is 0 Å². The summed E-state index contributed by atoms with van der Waals surface area (Å²) >= 11 is 3.96. The van der Waals surface area contributed by atoms with Crippen molar-refractivity contribution >= 4 is 23.5 Å². The van der Waals surface area contributed by atoms with Gasteiger partial charge in [0.05, 0.1) is 7.11 Å². The van der Waals surface area contributed by atoms with Gasteiger partial charge in [-0.2, -0.15) is 23.5 Å². The molecule has 1 heterocycles. The van der Waals surface area contributed by atoms with E-state index in [1.807, 2.05) is 35.7 Å². The summed E-state index contributed by atoms with van der Waals surface area (Å²) in [5.74, 6) is 1.44. The number of rotatable bonds is 5. The van der Waals surface area contributed by atoms with Gasteiger partial charge in [0, 0.05) is 39.2 Å². The molecule has 2 nitrogen and oxygen atoms in total. The standard InChI is InChI=1S/C16H24FNOS2/c1-5-18-16(15-9-20-10(2)11(3)21-15)13-7-6-12(19-4)8-14(13)17/h6-8,10-11,15-16,18H,5,9H2,1-4H3. The van der Waals surface area contributed by atoms with E-state index in [4.69, 9.17) is 4.74 Å². The van der Waals surface area contributed by atoms with Gasteiger partial charge in [-0.1, -0.05) is 26.8 Å². The molecule has 118 valence electrons. The van der Waals surface area contributed by atoms with Crippen molar-refractivity contribution in [1.82, 2.24) is 5.32 Å². The Kier molecular flexibility index (Phi) is 6.26. The first-order valence-corrected chi connectivity index (χ1v) is 9.39. The third-order valence-corrected chi connectivity index (χ3v) is 7.41. The summed E-state index contributed by atoms with van der Waals surface area (Å²) in [4.78, 5) is 0. The van der Waals surface area contributed by atoms with Crippen molar-refractivity contribution in [3.05, 3.63) is 29.6 Å². The zero-order valence-corrected chi connectivity index (χ0v) is 14.7. The van der Waals surface area contributed by atoms with Crippen molar-refractivity contribution in [2.45, 2.75) is 42.6 Å². The Morgan fingerprint density at radius 2 is 2.14 bits per heavy atom. The van der Waals surface area contributed by atoms with Crippen LogP contribution in [0.5, 0.6) is 5.75 Å². The summed E-state index contributed by atoms with van der Waals surface area (Å²) in [6.45, 7) is 7.44. The highest BCUT2D eigenvalue weighted by Gasteiger charge is 2.32. The Hall–Kier alpha value is -0.390. The molecule has 0 radical (unpaired) electrons. The highest BCUT2D eigenvalue weighted by molar-refractivity contribution is 8.07. The number of nitrogens with one attached hydrogen (secondary N) is 1. The topological polar surface area (TPSA) is 21.3 Å². The average Bonchev–Trinajstić information content (AvgIpc) is 2.48. The molecule has 21 heavy (non-hydrogen) atoms. The van der Waals surface area contributed by atoms with E-state index < -0.39 is 0 Å². The summed E-state index contributed by atoms with van der Waals surface area (Å²) in [7, 11) is 1.56. The molecule has 1 aliphatic heterocycles. The maximum atomic E-state index is 14.4. The van der Waals surface area contributed by atoms with Gasteiger partial charge in [0.15, 0.2) is 0 Å². The zero-order valence-electron chi connectivity index (χ0n) is 13.1. The Morgan fingerprint density at radius 1 is 1.38 bits per heavy atom. The largest absolute Gasteiger partial charge is 0.497 e. The lowest BCUT2D eigenvalue weighted by Gasteiger charge is -2.36. The first-order chi connectivity index (χ1) is 10.1. The summed E-state index contributed by atoms with van der Waals surface area (Å²) < 4.78 is 19.5. The van der Waals surface area contributed by atoms with E-state index in [2.05, 4.69) is 26.1 Å². The van der Waals surface area contributed by atoms with Gasteiger partial charge < -0.3 is 10.1 Å². The number of benzene rings is 1. The fraction of sp³-hybridized carbons (Fsp3) is 0.625. The molecule has 1 aliphatic rings. The number of halogens is 1. The number of hydrogen-bond donors (Lipinski definition) is 1. The molecule has 1 aromatic rings. The van der Waals surface area contributed by atoms with Crippen LogP contribution in [0, 0.1) is 5.82 Å². The van der Waals surface area contributed by atoms with Crippen LogP contribution in [0.25, 0.3) is 0 Å². The minimum Gasteiger partial charge on any atom is -0.497 e. The second kappa shape index (κ2) is 7.75. The Bertz CT molecular complexity index is 472. The number of hydrogen-bond acceptors (Lipinski definition) is 4. The smallest absolute Gasteiger partial charge is 0.131 e. The molecule has 0 bridgehead atoms. The molecule has 1 N–H and O–H groups in total. The summed E-state index contributed by atoms with van der Waals surface area (Å²) in [6, 6.07) is 5.23. The van der Waals surface area contributed by atoms with Gasteiger partial charge in [-0.15, -0.1) is 0 Å². The van der Waals surface area contributed by atoms with E-state index in [0.717, 1.165) is 17.9 Å². The van der Waals surface area contributed by atoms with Gasteiger partial charge in [-0.3, -0.25) is 0 Å². The zero-order chi connectivity index (χ0) is 15.4. The molecule has 0 amide bonds. The molecule has 2 rings (SSSR count). The predicted octanol–water partition coefficient (Wildman–Crippen LogP) is 4.11. The number of methoxy groups -OCH3 is 1. The Labute approximate surface area is 135 Å². The highest BCUT2D eigenvalue weighted by atomic mass is 32.2. The van der Waals surface area contributed by atoms with Crippen molar-refractivity contribution in [2.75, 3.05) is 19.4 Å². The van der Waals surface area contributed by atoms with Gasteiger partial charge in [-0.25, -0.2) is 4.39 Å². The van der Waals surface area contributed by atoms with Crippen molar-refractivity contribution < 1.29 is 9.13 Å². The summed E-state index contributed by atoms with van der Waals surface area (Å²) in [5, 5.41) is 5.12. The minimum atomic E-state index is -0.183. The number of ether oxygens (including phenoxy) is 1. The van der Waals surface area contributed by atoms with Crippen LogP contribution in [-0.4, -0.2) is 35.2 Å². The van der Waals surface area contributed by atoms with Crippen LogP contribution in [0.15, 0.2) is 18.2 Å². The van der Waals surface area contributed by atoms with Crippen LogP contribution in [0.1, 0.15) is 32.4 Å². The molecule has 0 aliphatic carbocycles. The van der Waals surface area contributed by atoms with E-state index in [0.29, 0.717) is 21.5 Å². The summed E-state index contributed by atoms with van der Waals surface area (Å²) in [5.41, 5.74) is 0.748. The fourth-order valence-electron chi connectivity index (χ4n) is 2.53.